The Morgan fingerprint density at radius 3 is 2.71 bits per heavy atom. The van der Waals surface area contributed by atoms with E-state index in [2.05, 4.69) is 19.7 Å². The molecule has 140 valence electrons. The summed E-state index contributed by atoms with van der Waals surface area (Å²) >= 11 is 8.62. The maximum absolute atomic E-state index is 13.2. The van der Waals surface area contributed by atoms with Gasteiger partial charge in [-0.2, -0.15) is 4.37 Å². The van der Waals surface area contributed by atoms with E-state index in [1.165, 1.54) is 41.8 Å². The normalized spacial score (nSPS) is 10.9. The predicted molar refractivity (Wildman–Crippen MR) is 111 cm³/mol. The molecule has 0 radical (unpaired) electrons. The average Bonchev–Trinajstić information content (AvgIpc) is 3.13. The van der Waals surface area contributed by atoms with Crippen molar-refractivity contribution >= 4 is 56.7 Å². The van der Waals surface area contributed by atoms with Crippen LogP contribution in [0.3, 0.4) is 0 Å². The number of carbonyl (C=O) groups is 1. The number of fused-ring (bicyclic) bond motifs is 1. The summed E-state index contributed by atoms with van der Waals surface area (Å²) in [5.74, 6) is -0.326. The number of nitrogens with zero attached hydrogens (tertiary/aromatic N) is 3. The van der Waals surface area contributed by atoms with Gasteiger partial charge in [0.15, 0.2) is 0 Å². The number of nitrogens with one attached hydrogen (secondary N) is 1. The van der Waals surface area contributed by atoms with Gasteiger partial charge in [-0.3, -0.25) is 4.79 Å². The zero-order chi connectivity index (χ0) is 19.5. The van der Waals surface area contributed by atoms with Gasteiger partial charge < -0.3 is 5.32 Å². The zero-order valence-electron chi connectivity index (χ0n) is 14.2. The second kappa shape index (κ2) is 8.22. The van der Waals surface area contributed by atoms with Gasteiger partial charge in [-0.25, -0.2) is 14.4 Å². The highest BCUT2D eigenvalue weighted by Crippen LogP contribution is 2.34. The summed E-state index contributed by atoms with van der Waals surface area (Å²) in [5.41, 5.74) is 2.70. The van der Waals surface area contributed by atoms with Gasteiger partial charge >= 0.3 is 0 Å². The van der Waals surface area contributed by atoms with E-state index < -0.39 is 0 Å². The van der Waals surface area contributed by atoms with Crippen LogP contribution < -0.4 is 5.32 Å². The summed E-state index contributed by atoms with van der Waals surface area (Å²) in [6.45, 7) is 0. The minimum absolute atomic E-state index is 0.168. The summed E-state index contributed by atoms with van der Waals surface area (Å²) in [7, 11) is 0. The molecule has 0 atom stereocenters. The third-order valence-corrected chi connectivity index (χ3v) is 6.12. The summed E-state index contributed by atoms with van der Waals surface area (Å²) in [6.07, 6.45) is 1.44. The molecule has 1 N–H and O–H groups in total. The molecule has 0 aliphatic heterocycles. The Hall–Kier alpha value is -2.55. The minimum atomic E-state index is -0.307. The van der Waals surface area contributed by atoms with E-state index in [1.807, 2.05) is 0 Å². The summed E-state index contributed by atoms with van der Waals surface area (Å²) < 4.78 is 18.4. The molecule has 0 aliphatic carbocycles. The van der Waals surface area contributed by atoms with Gasteiger partial charge in [0.05, 0.1) is 16.5 Å². The predicted octanol–water partition coefficient (Wildman–Crippen LogP) is 5.28. The van der Waals surface area contributed by atoms with E-state index in [0.717, 1.165) is 10.3 Å². The molecule has 4 aromatic rings. The van der Waals surface area contributed by atoms with Gasteiger partial charge in [0, 0.05) is 5.56 Å². The standard InChI is InChI=1S/C19H12ClFN4OS2/c20-13-3-1-2-4-14(13)24-15(26)9-27-19-18-17(22-10-23-19)16(25-28-18)11-5-7-12(21)8-6-11/h1-8,10H,9H2,(H,24,26). The van der Waals surface area contributed by atoms with Crippen LogP contribution in [0.15, 0.2) is 59.9 Å². The minimum Gasteiger partial charge on any atom is -0.324 e. The molecule has 2 aromatic heterocycles. The number of halogens is 2. The molecule has 0 saturated carbocycles. The van der Waals surface area contributed by atoms with Gasteiger partial charge in [0.1, 0.15) is 33.1 Å². The van der Waals surface area contributed by atoms with Gasteiger partial charge in [-0.15, -0.1) is 0 Å². The molecule has 5 nitrogen and oxygen atoms in total. The van der Waals surface area contributed by atoms with E-state index in [9.17, 15) is 9.18 Å². The fraction of sp³-hybridized carbons (Fsp3) is 0.0526. The molecule has 0 aliphatic rings. The molecule has 4 rings (SSSR count). The van der Waals surface area contributed by atoms with Crippen LogP contribution in [-0.4, -0.2) is 26.0 Å². The topological polar surface area (TPSA) is 67.8 Å². The zero-order valence-corrected chi connectivity index (χ0v) is 16.6. The number of hydrogen-bond donors (Lipinski definition) is 1. The van der Waals surface area contributed by atoms with Crippen molar-refractivity contribution in [2.45, 2.75) is 5.03 Å². The fourth-order valence-electron chi connectivity index (χ4n) is 2.53. The van der Waals surface area contributed by atoms with Crippen molar-refractivity contribution in [3.05, 3.63) is 65.7 Å². The highest BCUT2D eigenvalue weighted by molar-refractivity contribution is 8.00. The molecule has 0 unspecified atom stereocenters. The van der Waals surface area contributed by atoms with E-state index in [1.54, 1.807) is 36.4 Å². The molecule has 28 heavy (non-hydrogen) atoms. The number of rotatable bonds is 5. The van der Waals surface area contributed by atoms with E-state index >= 15 is 0 Å². The number of aromatic nitrogens is 3. The lowest BCUT2D eigenvalue weighted by Crippen LogP contribution is -2.14. The van der Waals surface area contributed by atoms with Crippen LogP contribution in [0.2, 0.25) is 5.02 Å². The third kappa shape index (κ3) is 3.99. The highest BCUT2D eigenvalue weighted by Gasteiger charge is 2.15. The Kier molecular flexibility index (Phi) is 5.52. The Morgan fingerprint density at radius 1 is 1.14 bits per heavy atom. The number of benzene rings is 2. The van der Waals surface area contributed by atoms with Gasteiger partial charge in [0.2, 0.25) is 5.91 Å². The van der Waals surface area contributed by atoms with Crippen molar-refractivity contribution in [3.63, 3.8) is 0 Å². The van der Waals surface area contributed by atoms with Crippen LogP contribution in [0.4, 0.5) is 10.1 Å². The Bertz CT molecular complexity index is 1150. The molecule has 2 aromatic carbocycles. The first-order chi connectivity index (χ1) is 13.6. The fourth-order valence-corrected chi connectivity index (χ4v) is 4.43. The molecule has 9 heteroatoms. The first-order valence-corrected chi connectivity index (χ1v) is 10.3. The maximum atomic E-state index is 13.2. The lowest BCUT2D eigenvalue weighted by Gasteiger charge is -2.06. The summed E-state index contributed by atoms with van der Waals surface area (Å²) in [6, 6.07) is 13.2. The Labute approximate surface area is 173 Å². The summed E-state index contributed by atoms with van der Waals surface area (Å²) in [5, 5.41) is 3.94. The van der Waals surface area contributed by atoms with Crippen LogP contribution in [0.25, 0.3) is 21.5 Å². The molecule has 0 spiro atoms. The number of hydrogen-bond acceptors (Lipinski definition) is 6. The number of thioether (sulfide) groups is 1. The van der Waals surface area contributed by atoms with Crippen molar-refractivity contribution < 1.29 is 9.18 Å². The Balaban J connectivity index is 1.52. The number of carbonyl (C=O) groups excluding carboxylic acids is 1. The van der Waals surface area contributed by atoms with Crippen molar-refractivity contribution in [2.75, 3.05) is 11.1 Å². The van der Waals surface area contributed by atoms with Crippen molar-refractivity contribution in [2.24, 2.45) is 0 Å². The second-order valence-corrected chi connectivity index (χ2v) is 7.86. The molecule has 1 amide bonds. The maximum Gasteiger partial charge on any atom is 0.234 e. The number of para-hydroxylation sites is 1. The smallest absolute Gasteiger partial charge is 0.234 e. The Morgan fingerprint density at radius 2 is 1.93 bits per heavy atom. The van der Waals surface area contributed by atoms with Gasteiger partial charge in [-0.05, 0) is 47.9 Å². The molecule has 0 bridgehead atoms. The molecule has 0 fully saturated rings. The first kappa shape index (κ1) is 18.8. The number of anilines is 1. The van der Waals surface area contributed by atoms with Crippen LogP contribution in [0.1, 0.15) is 0 Å². The van der Waals surface area contributed by atoms with Crippen molar-refractivity contribution in [1.82, 2.24) is 14.3 Å². The highest BCUT2D eigenvalue weighted by atomic mass is 35.5. The first-order valence-electron chi connectivity index (χ1n) is 8.15. The van der Waals surface area contributed by atoms with Crippen molar-refractivity contribution in [1.29, 1.82) is 0 Å². The quantitative estimate of drug-likeness (QED) is 0.345. The SMILES string of the molecule is O=C(CSc1ncnc2c(-c3ccc(F)cc3)nsc12)Nc1ccccc1Cl. The summed E-state index contributed by atoms with van der Waals surface area (Å²) in [4.78, 5) is 20.9. The average molecular weight is 431 g/mol. The van der Waals surface area contributed by atoms with E-state index in [-0.39, 0.29) is 17.5 Å². The molecular weight excluding hydrogens is 419 g/mol. The molecule has 2 heterocycles. The monoisotopic (exact) mass is 430 g/mol. The van der Waals surface area contributed by atoms with Crippen LogP contribution >= 0.6 is 34.9 Å². The largest absolute Gasteiger partial charge is 0.324 e. The number of amides is 1. The van der Waals surface area contributed by atoms with Crippen LogP contribution in [0, 0.1) is 5.82 Å². The molecular formula is C19H12ClFN4OS2. The van der Waals surface area contributed by atoms with Crippen LogP contribution in [0.5, 0.6) is 0 Å². The van der Waals surface area contributed by atoms with Gasteiger partial charge in [-0.1, -0.05) is 35.5 Å². The second-order valence-electron chi connectivity index (χ2n) is 5.71. The van der Waals surface area contributed by atoms with E-state index in [0.29, 0.717) is 26.9 Å². The molecule has 0 saturated heterocycles. The van der Waals surface area contributed by atoms with E-state index in [4.69, 9.17) is 11.6 Å². The van der Waals surface area contributed by atoms with Crippen molar-refractivity contribution in [3.8, 4) is 11.3 Å². The van der Waals surface area contributed by atoms with Crippen LogP contribution in [-0.2, 0) is 4.79 Å². The van der Waals surface area contributed by atoms with Gasteiger partial charge in [0.25, 0.3) is 0 Å². The third-order valence-electron chi connectivity index (χ3n) is 3.83. The lowest BCUT2D eigenvalue weighted by molar-refractivity contribution is -0.113. The lowest BCUT2D eigenvalue weighted by atomic mass is 10.1.